The van der Waals surface area contributed by atoms with E-state index in [1.54, 1.807) is 43.3 Å². The van der Waals surface area contributed by atoms with Gasteiger partial charge in [-0.05, 0) is 56.5 Å². The van der Waals surface area contributed by atoms with Gasteiger partial charge in [-0.3, -0.25) is 13.9 Å². The first-order chi connectivity index (χ1) is 17.0. The molecule has 0 bridgehead atoms. The fourth-order valence-electron chi connectivity index (χ4n) is 3.65. The second-order valence-corrected chi connectivity index (χ2v) is 11.1. The number of rotatable bonds is 13. The standard InChI is InChI=1S/C26H36ClN3O5S/c1-6-19(2)28-26(32)20(3)29(18-21-13-15-22(27)16-14-21)25(31)12-9-17-30(36(5,33)34)23-10-7-8-11-24(23)35-4/h7-8,10-11,13-16,19-20H,6,9,12,17-18H2,1-5H3,(H,28,32)/t19-,20-/m1/s1. The summed E-state index contributed by atoms with van der Waals surface area (Å²) in [6.07, 6.45) is 2.22. The first-order valence-electron chi connectivity index (χ1n) is 11.9. The van der Waals surface area contributed by atoms with E-state index in [0.717, 1.165) is 18.2 Å². The molecule has 8 nitrogen and oxygen atoms in total. The van der Waals surface area contributed by atoms with Gasteiger partial charge in [0.15, 0.2) is 0 Å². The van der Waals surface area contributed by atoms with Crippen LogP contribution in [0.15, 0.2) is 48.5 Å². The summed E-state index contributed by atoms with van der Waals surface area (Å²) in [6.45, 7) is 5.90. The van der Waals surface area contributed by atoms with Crippen molar-refractivity contribution < 1.29 is 22.7 Å². The second-order valence-electron chi connectivity index (χ2n) is 8.75. The third kappa shape index (κ3) is 8.41. The summed E-state index contributed by atoms with van der Waals surface area (Å²) in [4.78, 5) is 27.7. The van der Waals surface area contributed by atoms with Gasteiger partial charge in [-0.15, -0.1) is 0 Å². The van der Waals surface area contributed by atoms with Gasteiger partial charge in [0.2, 0.25) is 21.8 Å². The Kier molecular flexibility index (Phi) is 11.0. The predicted molar refractivity (Wildman–Crippen MR) is 144 cm³/mol. The van der Waals surface area contributed by atoms with Crippen molar-refractivity contribution >= 4 is 39.1 Å². The van der Waals surface area contributed by atoms with Crippen LogP contribution in [0.1, 0.15) is 45.6 Å². The molecule has 0 unspecified atom stereocenters. The number of hydrogen-bond acceptors (Lipinski definition) is 5. The van der Waals surface area contributed by atoms with Gasteiger partial charge in [0.25, 0.3) is 0 Å². The first kappa shape index (κ1) is 29.5. The third-order valence-electron chi connectivity index (χ3n) is 5.94. The topological polar surface area (TPSA) is 96.0 Å². The maximum absolute atomic E-state index is 13.3. The lowest BCUT2D eigenvalue weighted by Gasteiger charge is -2.30. The second kappa shape index (κ2) is 13.5. The summed E-state index contributed by atoms with van der Waals surface area (Å²) in [7, 11) is -2.14. The number of ether oxygens (including phenoxy) is 1. The van der Waals surface area contributed by atoms with Crippen LogP contribution in [0.4, 0.5) is 5.69 Å². The molecule has 2 rings (SSSR count). The quantitative estimate of drug-likeness (QED) is 0.412. The van der Waals surface area contributed by atoms with Crippen LogP contribution >= 0.6 is 11.6 Å². The third-order valence-corrected chi connectivity index (χ3v) is 7.37. The van der Waals surface area contributed by atoms with Crippen molar-refractivity contribution in [2.24, 2.45) is 0 Å². The molecule has 0 spiro atoms. The summed E-state index contributed by atoms with van der Waals surface area (Å²) in [5.41, 5.74) is 1.25. The number of hydrogen-bond donors (Lipinski definition) is 1. The molecule has 0 aliphatic heterocycles. The van der Waals surface area contributed by atoms with Gasteiger partial charge in [-0.2, -0.15) is 0 Å². The molecule has 0 aromatic heterocycles. The van der Waals surface area contributed by atoms with Crippen LogP contribution < -0.4 is 14.4 Å². The minimum Gasteiger partial charge on any atom is -0.495 e. The lowest BCUT2D eigenvalue weighted by Crippen LogP contribution is -2.49. The monoisotopic (exact) mass is 537 g/mol. The molecule has 2 amide bonds. The van der Waals surface area contributed by atoms with Gasteiger partial charge in [0, 0.05) is 30.6 Å². The van der Waals surface area contributed by atoms with E-state index >= 15 is 0 Å². The highest BCUT2D eigenvalue weighted by molar-refractivity contribution is 7.92. The number of sulfonamides is 1. The van der Waals surface area contributed by atoms with E-state index < -0.39 is 16.1 Å². The lowest BCUT2D eigenvalue weighted by atomic mass is 10.1. The number of methoxy groups -OCH3 is 1. The van der Waals surface area contributed by atoms with Crippen molar-refractivity contribution in [3.05, 3.63) is 59.1 Å². The Bertz CT molecular complexity index is 1120. The normalized spacial score (nSPS) is 12.9. The van der Waals surface area contributed by atoms with Crippen LogP contribution in [0.5, 0.6) is 5.75 Å². The fraction of sp³-hybridized carbons (Fsp3) is 0.462. The van der Waals surface area contributed by atoms with Gasteiger partial charge in [0.1, 0.15) is 11.8 Å². The maximum Gasteiger partial charge on any atom is 0.242 e. The molecule has 0 radical (unpaired) electrons. The number of halogens is 1. The van der Waals surface area contributed by atoms with Crippen molar-refractivity contribution in [2.45, 2.75) is 58.7 Å². The molecule has 0 saturated heterocycles. The number of carbonyl (C=O) groups is 2. The van der Waals surface area contributed by atoms with Crippen LogP contribution in [0.25, 0.3) is 0 Å². The van der Waals surface area contributed by atoms with E-state index in [-0.39, 0.29) is 43.8 Å². The van der Waals surface area contributed by atoms with E-state index in [1.807, 2.05) is 26.0 Å². The molecule has 0 aliphatic rings. The number of nitrogens with one attached hydrogen (secondary N) is 1. The van der Waals surface area contributed by atoms with Crippen molar-refractivity contribution in [2.75, 3.05) is 24.2 Å². The van der Waals surface area contributed by atoms with E-state index in [1.165, 1.54) is 16.3 Å². The summed E-state index contributed by atoms with van der Waals surface area (Å²) in [6, 6.07) is 13.2. The van der Waals surface area contributed by atoms with Crippen molar-refractivity contribution in [1.29, 1.82) is 0 Å². The minimum atomic E-state index is -3.62. The SMILES string of the molecule is CC[C@@H](C)NC(=O)[C@@H](C)N(Cc1ccc(Cl)cc1)C(=O)CCCN(c1ccccc1OC)S(C)(=O)=O. The highest BCUT2D eigenvalue weighted by Crippen LogP contribution is 2.29. The maximum atomic E-state index is 13.3. The Hall–Kier alpha value is -2.78. The van der Waals surface area contributed by atoms with Gasteiger partial charge in [-0.1, -0.05) is 42.8 Å². The van der Waals surface area contributed by atoms with Crippen molar-refractivity contribution in [3.8, 4) is 5.75 Å². The largest absolute Gasteiger partial charge is 0.495 e. The average molecular weight is 538 g/mol. The average Bonchev–Trinajstić information content (AvgIpc) is 2.84. The Morgan fingerprint density at radius 3 is 2.31 bits per heavy atom. The number of benzene rings is 2. The highest BCUT2D eigenvalue weighted by Gasteiger charge is 2.27. The van der Waals surface area contributed by atoms with Crippen LogP contribution in [-0.2, 0) is 26.2 Å². The zero-order valence-corrected chi connectivity index (χ0v) is 23.1. The van der Waals surface area contributed by atoms with Gasteiger partial charge < -0.3 is 15.0 Å². The summed E-state index contributed by atoms with van der Waals surface area (Å²) < 4.78 is 31.6. The zero-order chi connectivity index (χ0) is 26.9. The van der Waals surface area contributed by atoms with E-state index in [4.69, 9.17) is 16.3 Å². The minimum absolute atomic E-state index is 0.0170. The Morgan fingerprint density at radius 2 is 1.72 bits per heavy atom. The molecule has 2 aromatic rings. The molecule has 1 N–H and O–H groups in total. The Labute approximate surface area is 219 Å². The van der Waals surface area contributed by atoms with Gasteiger partial charge in [-0.25, -0.2) is 8.42 Å². The molecule has 36 heavy (non-hydrogen) atoms. The number of nitrogens with zero attached hydrogens (tertiary/aromatic N) is 2. The molecular formula is C26H36ClN3O5S. The van der Waals surface area contributed by atoms with Crippen LogP contribution in [0, 0.1) is 0 Å². The molecule has 10 heteroatoms. The smallest absolute Gasteiger partial charge is 0.242 e. The molecule has 2 aromatic carbocycles. The summed E-state index contributed by atoms with van der Waals surface area (Å²) >= 11 is 6.00. The van der Waals surface area contributed by atoms with Gasteiger partial charge >= 0.3 is 0 Å². The number of anilines is 1. The summed E-state index contributed by atoms with van der Waals surface area (Å²) in [5, 5.41) is 3.51. The molecule has 0 heterocycles. The Morgan fingerprint density at radius 1 is 1.08 bits per heavy atom. The predicted octanol–water partition coefficient (Wildman–Crippen LogP) is 4.23. The van der Waals surface area contributed by atoms with Crippen LogP contribution in [0.2, 0.25) is 5.02 Å². The number of carbonyl (C=O) groups excluding carboxylic acids is 2. The van der Waals surface area contributed by atoms with E-state index in [9.17, 15) is 18.0 Å². The van der Waals surface area contributed by atoms with Gasteiger partial charge in [0.05, 0.1) is 19.1 Å². The van der Waals surface area contributed by atoms with Crippen molar-refractivity contribution in [1.82, 2.24) is 10.2 Å². The Balaban J connectivity index is 2.19. The number of para-hydroxylation sites is 2. The number of amides is 2. The van der Waals surface area contributed by atoms with Crippen molar-refractivity contribution in [3.63, 3.8) is 0 Å². The lowest BCUT2D eigenvalue weighted by molar-refractivity contribution is -0.140. The molecule has 0 fully saturated rings. The molecule has 0 saturated carbocycles. The zero-order valence-electron chi connectivity index (χ0n) is 21.5. The van der Waals surface area contributed by atoms with Crippen LogP contribution in [0.3, 0.4) is 0 Å². The van der Waals surface area contributed by atoms with Crippen LogP contribution in [-0.4, -0.2) is 57.1 Å². The van der Waals surface area contributed by atoms with E-state index in [2.05, 4.69) is 5.32 Å². The van der Waals surface area contributed by atoms with E-state index in [0.29, 0.717) is 16.5 Å². The summed E-state index contributed by atoms with van der Waals surface area (Å²) in [5.74, 6) is -0.0577. The highest BCUT2D eigenvalue weighted by atomic mass is 35.5. The molecule has 0 aliphatic carbocycles. The fourth-order valence-corrected chi connectivity index (χ4v) is 4.75. The first-order valence-corrected chi connectivity index (χ1v) is 14.2. The molecule has 198 valence electrons. The molecule has 2 atom stereocenters. The molecular weight excluding hydrogens is 502 g/mol.